The Labute approximate surface area is 178 Å². The van der Waals surface area contributed by atoms with E-state index in [2.05, 4.69) is 39.0 Å². The SMILES string of the molecule is Clc1ccccc1-c1nnc(CSc2nc3c(n2-c2ccccc2)CCCC3)o1. The molecule has 0 fully saturated rings. The molecule has 0 N–H and O–H groups in total. The maximum atomic E-state index is 6.24. The summed E-state index contributed by atoms with van der Waals surface area (Å²) in [5, 5.41) is 9.94. The fourth-order valence-corrected chi connectivity index (χ4v) is 4.74. The number of fused-ring (bicyclic) bond motifs is 1. The number of para-hydroxylation sites is 1. The van der Waals surface area contributed by atoms with Crippen molar-refractivity contribution >= 4 is 23.4 Å². The van der Waals surface area contributed by atoms with E-state index >= 15 is 0 Å². The largest absolute Gasteiger partial charge is 0.420 e. The van der Waals surface area contributed by atoms with Crippen LogP contribution >= 0.6 is 23.4 Å². The monoisotopic (exact) mass is 422 g/mol. The van der Waals surface area contributed by atoms with E-state index in [0.29, 0.717) is 22.6 Å². The number of aryl methyl sites for hydroxylation is 1. The van der Waals surface area contributed by atoms with Gasteiger partial charge in [-0.1, -0.05) is 53.7 Å². The number of nitrogens with zero attached hydrogens (tertiary/aromatic N) is 4. The molecule has 1 aliphatic carbocycles. The topological polar surface area (TPSA) is 56.7 Å². The molecule has 2 heterocycles. The van der Waals surface area contributed by atoms with Gasteiger partial charge in [0.15, 0.2) is 5.16 Å². The van der Waals surface area contributed by atoms with E-state index < -0.39 is 0 Å². The molecule has 146 valence electrons. The van der Waals surface area contributed by atoms with E-state index in [1.807, 2.05) is 30.3 Å². The molecule has 0 aliphatic heterocycles. The Balaban J connectivity index is 1.42. The van der Waals surface area contributed by atoms with E-state index in [4.69, 9.17) is 21.0 Å². The summed E-state index contributed by atoms with van der Waals surface area (Å²) >= 11 is 7.87. The van der Waals surface area contributed by atoms with Crippen molar-refractivity contribution in [2.45, 2.75) is 36.6 Å². The van der Waals surface area contributed by atoms with E-state index in [1.54, 1.807) is 11.8 Å². The Hall–Kier alpha value is -2.57. The van der Waals surface area contributed by atoms with Crippen molar-refractivity contribution in [3.8, 4) is 17.1 Å². The zero-order valence-electron chi connectivity index (χ0n) is 15.7. The molecule has 2 aromatic heterocycles. The van der Waals surface area contributed by atoms with Crippen molar-refractivity contribution in [2.24, 2.45) is 0 Å². The van der Waals surface area contributed by atoms with Crippen molar-refractivity contribution in [1.82, 2.24) is 19.7 Å². The molecular formula is C22H19ClN4OS. The molecule has 0 unspecified atom stereocenters. The molecule has 0 bridgehead atoms. The van der Waals surface area contributed by atoms with Crippen LogP contribution in [0.25, 0.3) is 17.1 Å². The van der Waals surface area contributed by atoms with Crippen molar-refractivity contribution in [3.63, 3.8) is 0 Å². The fraction of sp³-hybridized carbons (Fsp3) is 0.227. The minimum atomic E-state index is 0.442. The van der Waals surface area contributed by atoms with Crippen molar-refractivity contribution in [1.29, 1.82) is 0 Å². The number of benzene rings is 2. The molecule has 29 heavy (non-hydrogen) atoms. The first-order valence-electron chi connectivity index (χ1n) is 9.65. The summed E-state index contributed by atoms with van der Waals surface area (Å²) in [5.74, 6) is 1.56. The lowest BCUT2D eigenvalue weighted by Crippen LogP contribution is -2.07. The first-order valence-corrected chi connectivity index (χ1v) is 11.0. The van der Waals surface area contributed by atoms with Crippen LogP contribution in [0.15, 0.2) is 64.2 Å². The van der Waals surface area contributed by atoms with E-state index in [1.165, 1.54) is 24.2 Å². The number of rotatable bonds is 5. The first kappa shape index (κ1) is 18.5. The Morgan fingerprint density at radius 2 is 1.76 bits per heavy atom. The summed E-state index contributed by atoms with van der Waals surface area (Å²) < 4.78 is 8.14. The predicted molar refractivity (Wildman–Crippen MR) is 115 cm³/mol. The van der Waals surface area contributed by atoms with Crippen molar-refractivity contribution < 1.29 is 4.42 Å². The quantitative estimate of drug-likeness (QED) is 0.383. The number of hydrogen-bond donors (Lipinski definition) is 0. The van der Waals surface area contributed by atoms with E-state index in [0.717, 1.165) is 29.2 Å². The van der Waals surface area contributed by atoms with Crippen LogP contribution < -0.4 is 0 Å². The maximum Gasteiger partial charge on any atom is 0.249 e. The molecule has 4 aromatic rings. The number of hydrogen-bond acceptors (Lipinski definition) is 5. The second-order valence-corrected chi connectivity index (χ2v) is 8.29. The molecule has 2 aromatic carbocycles. The Morgan fingerprint density at radius 3 is 2.62 bits per heavy atom. The van der Waals surface area contributed by atoms with Gasteiger partial charge in [0.2, 0.25) is 11.8 Å². The summed E-state index contributed by atoms with van der Waals surface area (Å²) in [4.78, 5) is 4.94. The minimum Gasteiger partial charge on any atom is -0.420 e. The number of thioether (sulfide) groups is 1. The van der Waals surface area contributed by atoms with Gasteiger partial charge < -0.3 is 4.42 Å². The molecule has 0 amide bonds. The van der Waals surface area contributed by atoms with Crippen LogP contribution in [-0.4, -0.2) is 19.7 Å². The second-order valence-electron chi connectivity index (χ2n) is 6.94. The molecule has 5 rings (SSSR count). The summed E-state index contributed by atoms with van der Waals surface area (Å²) in [6.45, 7) is 0. The van der Waals surface area contributed by atoms with Crippen LogP contribution in [0.5, 0.6) is 0 Å². The smallest absolute Gasteiger partial charge is 0.249 e. The van der Waals surface area contributed by atoms with Gasteiger partial charge >= 0.3 is 0 Å². The lowest BCUT2D eigenvalue weighted by Gasteiger charge is -2.15. The van der Waals surface area contributed by atoms with Gasteiger partial charge in [0.1, 0.15) is 0 Å². The van der Waals surface area contributed by atoms with Gasteiger partial charge in [0.25, 0.3) is 0 Å². The summed E-state index contributed by atoms with van der Waals surface area (Å²) in [7, 11) is 0. The normalized spacial score (nSPS) is 13.4. The van der Waals surface area contributed by atoms with E-state index in [-0.39, 0.29) is 0 Å². The summed E-state index contributed by atoms with van der Waals surface area (Å²) in [5.41, 5.74) is 4.43. The highest BCUT2D eigenvalue weighted by Gasteiger charge is 2.22. The third-order valence-electron chi connectivity index (χ3n) is 5.01. The highest BCUT2D eigenvalue weighted by atomic mass is 35.5. The van der Waals surface area contributed by atoms with Gasteiger partial charge in [-0.05, 0) is 49.9 Å². The molecular weight excluding hydrogens is 404 g/mol. The fourth-order valence-electron chi connectivity index (χ4n) is 3.64. The molecule has 0 atom stereocenters. The van der Waals surface area contributed by atoms with E-state index in [9.17, 15) is 0 Å². The highest BCUT2D eigenvalue weighted by Crippen LogP contribution is 2.33. The Kier molecular flexibility index (Phi) is 5.12. The van der Waals surface area contributed by atoms with Crippen LogP contribution in [0.2, 0.25) is 5.02 Å². The third kappa shape index (κ3) is 3.70. The Morgan fingerprint density at radius 1 is 0.966 bits per heavy atom. The van der Waals surface area contributed by atoms with Gasteiger partial charge in [-0.2, -0.15) is 0 Å². The van der Waals surface area contributed by atoms with Crippen LogP contribution in [0.4, 0.5) is 0 Å². The number of aromatic nitrogens is 4. The van der Waals surface area contributed by atoms with Crippen LogP contribution in [0.1, 0.15) is 30.1 Å². The van der Waals surface area contributed by atoms with Crippen LogP contribution in [0, 0.1) is 0 Å². The van der Waals surface area contributed by atoms with Crippen molar-refractivity contribution in [3.05, 3.63) is 76.9 Å². The predicted octanol–water partition coefficient (Wildman–Crippen LogP) is 5.75. The summed E-state index contributed by atoms with van der Waals surface area (Å²) in [6.07, 6.45) is 4.52. The molecule has 5 nitrogen and oxygen atoms in total. The second kappa shape index (κ2) is 8.05. The molecule has 0 radical (unpaired) electrons. The number of halogens is 1. The molecule has 0 saturated heterocycles. The van der Waals surface area contributed by atoms with Crippen molar-refractivity contribution in [2.75, 3.05) is 0 Å². The lowest BCUT2D eigenvalue weighted by molar-refractivity contribution is 0.528. The molecule has 1 aliphatic rings. The molecule has 0 spiro atoms. The van der Waals surface area contributed by atoms with Crippen LogP contribution in [0.3, 0.4) is 0 Å². The van der Waals surface area contributed by atoms with Gasteiger partial charge in [0.05, 0.1) is 22.0 Å². The van der Waals surface area contributed by atoms with Gasteiger partial charge in [-0.3, -0.25) is 4.57 Å². The van der Waals surface area contributed by atoms with Gasteiger partial charge in [-0.25, -0.2) is 4.98 Å². The maximum absolute atomic E-state index is 6.24. The average molecular weight is 423 g/mol. The first-order chi connectivity index (χ1) is 14.3. The zero-order chi connectivity index (χ0) is 19.6. The lowest BCUT2D eigenvalue weighted by atomic mass is 10.0. The minimum absolute atomic E-state index is 0.442. The Bertz CT molecular complexity index is 1140. The van der Waals surface area contributed by atoms with Crippen LogP contribution in [-0.2, 0) is 18.6 Å². The standard InChI is InChI=1S/C22H19ClN4OS/c23-17-11-5-4-10-16(17)21-26-25-20(28-21)14-29-22-24-18-12-6-7-13-19(18)27(22)15-8-2-1-3-9-15/h1-5,8-11H,6-7,12-14H2. The number of imidazole rings is 1. The third-order valence-corrected chi connectivity index (χ3v) is 6.27. The highest BCUT2D eigenvalue weighted by molar-refractivity contribution is 7.98. The molecule has 0 saturated carbocycles. The van der Waals surface area contributed by atoms with Gasteiger partial charge in [0, 0.05) is 11.4 Å². The zero-order valence-corrected chi connectivity index (χ0v) is 17.3. The summed E-state index contributed by atoms with van der Waals surface area (Å²) in [6, 6.07) is 17.9. The average Bonchev–Trinajstić information content (AvgIpc) is 3.37. The molecule has 7 heteroatoms. The van der Waals surface area contributed by atoms with Gasteiger partial charge in [-0.15, -0.1) is 10.2 Å².